The van der Waals surface area contributed by atoms with Crippen LogP contribution in [0.15, 0.2) is 12.3 Å². The summed E-state index contributed by atoms with van der Waals surface area (Å²) in [6, 6.07) is 4.47. The Bertz CT molecular complexity index is 302. The van der Waals surface area contributed by atoms with E-state index in [-0.39, 0.29) is 0 Å². The van der Waals surface area contributed by atoms with Gasteiger partial charge in [0, 0.05) is 12.2 Å². The van der Waals surface area contributed by atoms with E-state index in [1.165, 1.54) is 18.4 Å². The third-order valence-corrected chi connectivity index (χ3v) is 2.29. The van der Waals surface area contributed by atoms with Crippen LogP contribution < -0.4 is 5.32 Å². The van der Waals surface area contributed by atoms with E-state index in [1.807, 2.05) is 12.3 Å². The molecule has 1 saturated heterocycles. The normalized spacial score (nSPS) is 22.4. The van der Waals surface area contributed by atoms with Crippen LogP contribution in [0.1, 0.15) is 30.1 Å². The van der Waals surface area contributed by atoms with Gasteiger partial charge in [0.15, 0.2) is 0 Å². The highest BCUT2D eigenvalue weighted by Crippen LogP contribution is 2.22. The van der Waals surface area contributed by atoms with Gasteiger partial charge < -0.3 is 10.3 Å². The number of rotatable bonds is 1. The fourth-order valence-corrected chi connectivity index (χ4v) is 1.65. The monoisotopic (exact) mass is 161 g/mol. The van der Waals surface area contributed by atoms with Crippen molar-refractivity contribution in [2.75, 3.05) is 6.54 Å². The second-order valence-electron chi connectivity index (χ2n) is 3.11. The highest BCUT2D eigenvalue weighted by molar-refractivity contribution is 5.28. The summed E-state index contributed by atoms with van der Waals surface area (Å²) < 4.78 is 0. The predicted octanol–water partition coefficient (Wildman–Crippen LogP) is 1.31. The molecule has 1 aromatic heterocycles. The summed E-state index contributed by atoms with van der Waals surface area (Å²) in [5.74, 6) is 0. The van der Waals surface area contributed by atoms with E-state index >= 15 is 0 Å². The van der Waals surface area contributed by atoms with E-state index in [2.05, 4.69) is 16.4 Å². The Morgan fingerprint density at radius 2 is 2.50 bits per heavy atom. The lowest BCUT2D eigenvalue weighted by atomic mass is 10.1. The van der Waals surface area contributed by atoms with Crippen molar-refractivity contribution in [3.05, 3.63) is 23.5 Å². The van der Waals surface area contributed by atoms with E-state index in [1.54, 1.807) is 0 Å². The van der Waals surface area contributed by atoms with Gasteiger partial charge in [-0.25, -0.2) is 0 Å². The second kappa shape index (κ2) is 3.00. The Morgan fingerprint density at radius 1 is 1.58 bits per heavy atom. The standard InChI is InChI=1S/C9H11N3/c10-5-8-4-7(6-12-8)9-2-1-3-11-9/h4,6,9,11-12H,1-3H2. The van der Waals surface area contributed by atoms with Crippen LogP contribution in [-0.2, 0) is 0 Å². The topological polar surface area (TPSA) is 51.6 Å². The fourth-order valence-electron chi connectivity index (χ4n) is 1.65. The molecular formula is C9H11N3. The highest BCUT2D eigenvalue weighted by atomic mass is 14.9. The van der Waals surface area contributed by atoms with Crippen LogP contribution in [-0.4, -0.2) is 11.5 Å². The van der Waals surface area contributed by atoms with Gasteiger partial charge in [-0.2, -0.15) is 5.26 Å². The minimum Gasteiger partial charge on any atom is -0.353 e. The van der Waals surface area contributed by atoms with E-state index < -0.39 is 0 Å². The molecule has 0 bridgehead atoms. The van der Waals surface area contributed by atoms with Crippen molar-refractivity contribution < 1.29 is 0 Å². The van der Waals surface area contributed by atoms with Gasteiger partial charge in [-0.3, -0.25) is 0 Å². The maximum absolute atomic E-state index is 8.59. The number of hydrogen-bond donors (Lipinski definition) is 2. The molecule has 2 heterocycles. The molecule has 1 aromatic rings. The number of aromatic amines is 1. The summed E-state index contributed by atoms with van der Waals surface area (Å²) >= 11 is 0. The summed E-state index contributed by atoms with van der Waals surface area (Å²) in [5, 5.41) is 12.0. The molecule has 62 valence electrons. The molecule has 1 atom stereocenters. The van der Waals surface area contributed by atoms with Crippen molar-refractivity contribution in [1.29, 1.82) is 5.26 Å². The third kappa shape index (κ3) is 1.21. The molecule has 1 aliphatic heterocycles. The maximum atomic E-state index is 8.59. The van der Waals surface area contributed by atoms with Crippen molar-refractivity contribution in [3.8, 4) is 6.07 Å². The number of aromatic nitrogens is 1. The first-order valence-electron chi connectivity index (χ1n) is 4.22. The molecule has 0 amide bonds. The molecule has 12 heavy (non-hydrogen) atoms. The number of hydrogen-bond acceptors (Lipinski definition) is 2. The van der Waals surface area contributed by atoms with Crippen molar-refractivity contribution >= 4 is 0 Å². The Morgan fingerprint density at radius 3 is 3.08 bits per heavy atom. The van der Waals surface area contributed by atoms with Gasteiger partial charge in [-0.05, 0) is 31.0 Å². The zero-order chi connectivity index (χ0) is 8.39. The number of nitrogens with zero attached hydrogens (tertiary/aromatic N) is 1. The van der Waals surface area contributed by atoms with Gasteiger partial charge in [0.05, 0.1) is 0 Å². The van der Waals surface area contributed by atoms with E-state index in [0.29, 0.717) is 11.7 Å². The molecule has 0 aliphatic carbocycles. The van der Waals surface area contributed by atoms with Crippen molar-refractivity contribution in [3.63, 3.8) is 0 Å². The predicted molar refractivity (Wildman–Crippen MR) is 45.5 cm³/mol. The minimum absolute atomic E-state index is 0.461. The van der Waals surface area contributed by atoms with Gasteiger partial charge in [0.25, 0.3) is 0 Å². The first-order valence-corrected chi connectivity index (χ1v) is 4.22. The summed E-state index contributed by atoms with van der Waals surface area (Å²) in [7, 11) is 0. The van der Waals surface area contributed by atoms with Crippen LogP contribution in [0.2, 0.25) is 0 Å². The average molecular weight is 161 g/mol. The zero-order valence-electron chi connectivity index (χ0n) is 6.80. The van der Waals surface area contributed by atoms with E-state index in [0.717, 1.165) is 6.54 Å². The quantitative estimate of drug-likeness (QED) is 0.652. The van der Waals surface area contributed by atoms with Crippen LogP contribution in [0.4, 0.5) is 0 Å². The molecule has 3 nitrogen and oxygen atoms in total. The van der Waals surface area contributed by atoms with Crippen molar-refractivity contribution in [1.82, 2.24) is 10.3 Å². The van der Waals surface area contributed by atoms with Gasteiger partial charge >= 0.3 is 0 Å². The first-order chi connectivity index (χ1) is 5.90. The molecular weight excluding hydrogens is 150 g/mol. The van der Waals surface area contributed by atoms with Crippen LogP contribution in [0.5, 0.6) is 0 Å². The van der Waals surface area contributed by atoms with E-state index in [4.69, 9.17) is 5.26 Å². The average Bonchev–Trinajstić information content (AvgIpc) is 2.75. The molecule has 1 unspecified atom stereocenters. The Balaban J connectivity index is 2.17. The molecule has 0 aromatic carbocycles. The molecule has 0 spiro atoms. The number of H-pyrrole nitrogens is 1. The largest absolute Gasteiger partial charge is 0.353 e. The van der Waals surface area contributed by atoms with Crippen LogP contribution in [0.3, 0.4) is 0 Å². The zero-order valence-corrected chi connectivity index (χ0v) is 6.80. The highest BCUT2D eigenvalue weighted by Gasteiger charge is 2.16. The van der Waals surface area contributed by atoms with Crippen molar-refractivity contribution in [2.45, 2.75) is 18.9 Å². The first kappa shape index (κ1) is 7.38. The SMILES string of the molecule is N#Cc1cc(C2CCCN2)c[nH]1. The third-order valence-electron chi connectivity index (χ3n) is 2.29. The minimum atomic E-state index is 0.461. The van der Waals surface area contributed by atoms with Gasteiger partial charge in [0.1, 0.15) is 11.8 Å². The summed E-state index contributed by atoms with van der Waals surface area (Å²) in [6.07, 6.45) is 4.34. The van der Waals surface area contributed by atoms with E-state index in [9.17, 15) is 0 Å². The van der Waals surface area contributed by atoms with Crippen LogP contribution in [0, 0.1) is 11.3 Å². The van der Waals surface area contributed by atoms with Crippen LogP contribution >= 0.6 is 0 Å². The maximum Gasteiger partial charge on any atom is 0.117 e. The Labute approximate surface area is 71.4 Å². The molecule has 2 N–H and O–H groups in total. The lowest BCUT2D eigenvalue weighted by molar-refractivity contribution is 0.648. The fraction of sp³-hybridized carbons (Fsp3) is 0.444. The Kier molecular flexibility index (Phi) is 1.84. The summed E-state index contributed by atoms with van der Waals surface area (Å²) in [4.78, 5) is 2.93. The lowest BCUT2D eigenvalue weighted by Gasteiger charge is -2.05. The van der Waals surface area contributed by atoms with Crippen LogP contribution in [0.25, 0.3) is 0 Å². The summed E-state index contributed by atoms with van der Waals surface area (Å²) in [5.41, 5.74) is 1.86. The molecule has 0 saturated carbocycles. The molecule has 0 radical (unpaired) electrons. The summed E-state index contributed by atoms with van der Waals surface area (Å²) in [6.45, 7) is 1.09. The lowest BCUT2D eigenvalue weighted by Crippen LogP contribution is -2.11. The van der Waals surface area contributed by atoms with Gasteiger partial charge in [-0.1, -0.05) is 0 Å². The van der Waals surface area contributed by atoms with Gasteiger partial charge in [0.2, 0.25) is 0 Å². The van der Waals surface area contributed by atoms with Crippen molar-refractivity contribution in [2.24, 2.45) is 0 Å². The molecule has 2 rings (SSSR count). The number of nitriles is 1. The molecule has 3 heteroatoms. The molecule has 1 fully saturated rings. The Hall–Kier alpha value is -1.27. The molecule has 1 aliphatic rings. The van der Waals surface area contributed by atoms with Gasteiger partial charge in [-0.15, -0.1) is 0 Å². The number of nitrogens with one attached hydrogen (secondary N) is 2. The second-order valence-corrected chi connectivity index (χ2v) is 3.11. The smallest absolute Gasteiger partial charge is 0.117 e.